The van der Waals surface area contributed by atoms with E-state index in [1.165, 1.54) is 18.2 Å². The number of anilines is 2. The molecule has 1 aromatic heterocycles. The number of hydrogen-bond donors (Lipinski definition) is 2. The van der Waals surface area contributed by atoms with Gasteiger partial charge >= 0.3 is 0 Å². The molecule has 2 rings (SSSR count). The average Bonchev–Trinajstić information content (AvgIpc) is 2.72. The SMILES string of the molecule is Cc1cc(NS(=O)(=O)c2cc(S(C)(=O)=O)ccc2N)on1. The van der Waals surface area contributed by atoms with Crippen molar-refractivity contribution in [3.05, 3.63) is 30.0 Å². The highest BCUT2D eigenvalue weighted by atomic mass is 32.2. The van der Waals surface area contributed by atoms with Gasteiger partial charge in [0.15, 0.2) is 9.84 Å². The van der Waals surface area contributed by atoms with Crippen LogP contribution in [0, 0.1) is 6.92 Å². The molecule has 0 amide bonds. The number of sulfone groups is 1. The summed E-state index contributed by atoms with van der Waals surface area (Å²) < 4.78 is 54.4. The van der Waals surface area contributed by atoms with Crippen molar-refractivity contribution < 1.29 is 21.4 Å². The molecule has 2 aromatic rings. The third-order valence-corrected chi connectivity index (χ3v) is 5.08. The van der Waals surface area contributed by atoms with Crippen molar-refractivity contribution >= 4 is 31.4 Å². The van der Waals surface area contributed by atoms with Crippen LogP contribution < -0.4 is 10.5 Å². The zero-order chi connectivity index (χ0) is 15.8. The first-order valence-corrected chi connectivity index (χ1v) is 9.03. The minimum Gasteiger partial charge on any atom is -0.398 e. The minimum atomic E-state index is -4.09. The van der Waals surface area contributed by atoms with Crippen molar-refractivity contribution in [2.75, 3.05) is 16.7 Å². The molecule has 0 atom stereocenters. The molecule has 10 heteroatoms. The van der Waals surface area contributed by atoms with Gasteiger partial charge in [0.2, 0.25) is 5.88 Å². The number of nitrogens with two attached hydrogens (primary N) is 1. The van der Waals surface area contributed by atoms with Gasteiger partial charge < -0.3 is 10.3 Å². The molecule has 0 aliphatic rings. The lowest BCUT2D eigenvalue weighted by Gasteiger charge is -2.09. The molecule has 0 spiro atoms. The molecule has 1 aromatic carbocycles. The van der Waals surface area contributed by atoms with Gasteiger partial charge in [0.1, 0.15) is 4.90 Å². The number of nitrogens with zero attached hydrogens (tertiary/aromatic N) is 1. The number of aryl methyl sites for hydroxylation is 1. The van der Waals surface area contributed by atoms with Crippen LogP contribution >= 0.6 is 0 Å². The van der Waals surface area contributed by atoms with Crippen molar-refractivity contribution in [3.8, 4) is 0 Å². The summed E-state index contributed by atoms with van der Waals surface area (Å²) >= 11 is 0. The molecule has 8 nitrogen and oxygen atoms in total. The topological polar surface area (TPSA) is 132 Å². The molecule has 0 aliphatic carbocycles. The van der Waals surface area contributed by atoms with Gasteiger partial charge in [-0.1, -0.05) is 5.16 Å². The first-order valence-electron chi connectivity index (χ1n) is 5.65. The second-order valence-corrected chi connectivity index (χ2v) is 8.08. The van der Waals surface area contributed by atoms with E-state index in [4.69, 9.17) is 10.3 Å². The number of rotatable bonds is 4. The smallest absolute Gasteiger partial charge is 0.266 e. The number of hydrogen-bond acceptors (Lipinski definition) is 7. The largest absolute Gasteiger partial charge is 0.398 e. The third-order valence-electron chi connectivity index (χ3n) is 2.57. The Kier molecular flexibility index (Phi) is 3.68. The Balaban J connectivity index is 2.49. The first kappa shape index (κ1) is 15.3. The lowest BCUT2D eigenvalue weighted by molar-refractivity contribution is 0.430. The summed E-state index contributed by atoms with van der Waals surface area (Å²) in [6, 6.07) is 4.84. The molecular formula is C11H13N3O5S2. The summed E-state index contributed by atoms with van der Waals surface area (Å²) in [6.07, 6.45) is 0.974. The first-order chi connectivity index (χ1) is 9.59. The number of benzene rings is 1. The van der Waals surface area contributed by atoms with E-state index < -0.39 is 19.9 Å². The molecule has 0 unspecified atom stereocenters. The molecule has 0 saturated heterocycles. The van der Waals surface area contributed by atoms with Gasteiger partial charge in [-0.25, -0.2) is 21.6 Å². The standard InChI is InChI=1S/C11H13N3O5S2/c1-7-5-11(19-13-7)14-21(17,18)10-6-8(20(2,15)16)3-4-9(10)12/h3-6,14H,12H2,1-2H3. The maximum absolute atomic E-state index is 12.2. The van der Waals surface area contributed by atoms with E-state index in [1.54, 1.807) is 6.92 Å². The Morgan fingerprint density at radius 3 is 2.38 bits per heavy atom. The summed E-state index contributed by atoms with van der Waals surface area (Å²) in [5.41, 5.74) is 6.03. The highest BCUT2D eigenvalue weighted by Crippen LogP contribution is 2.25. The Labute approximate surface area is 121 Å². The Bertz CT molecular complexity index is 884. The van der Waals surface area contributed by atoms with Crippen LogP contribution in [0.5, 0.6) is 0 Å². The van der Waals surface area contributed by atoms with Gasteiger partial charge in [-0.15, -0.1) is 0 Å². The molecule has 0 radical (unpaired) electrons. The van der Waals surface area contributed by atoms with E-state index in [0.717, 1.165) is 12.3 Å². The van der Waals surface area contributed by atoms with Gasteiger partial charge in [0, 0.05) is 12.3 Å². The van der Waals surface area contributed by atoms with Crippen LogP contribution in [0.25, 0.3) is 0 Å². The van der Waals surface area contributed by atoms with E-state index in [0.29, 0.717) is 5.69 Å². The van der Waals surface area contributed by atoms with Crippen molar-refractivity contribution in [2.45, 2.75) is 16.7 Å². The Morgan fingerprint density at radius 2 is 1.86 bits per heavy atom. The molecule has 0 saturated carbocycles. The van der Waals surface area contributed by atoms with E-state index in [2.05, 4.69) is 9.88 Å². The van der Waals surface area contributed by atoms with Crippen LogP contribution in [0.15, 0.2) is 38.6 Å². The maximum atomic E-state index is 12.2. The van der Waals surface area contributed by atoms with E-state index in [-0.39, 0.29) is 21.4 Å². The second kappa shape index (κ2) is 5.04. The molecule has 1 heterocycles. The van der Waals surface area contributed by atoms with Crippen LogP contribution in [0.1, 0.15) is 5.69 Å². The van der Waals surface area contributed by atoms with Crippen LogP contribution in [-0.4, -0.2) is 28.2 Å². The maximum Gasteiger partial charge on any atom is 0.266 e. The summed E-state index contributed by atoms with van der Waals surface area (Å²) in [5.74, 6) is -0.0864. The van der Waals surface area contributed by atoms with Crippen molar-refractivity contribution in [2.24, 2.45) is 0 Å². The van der Waals surface area contributed by atoms with E-state index in [9.17, 15) is 16.8 Å². The third kappa shape index (κ3) is 3.34. The molecular weight excluding hydrogens is 318 g/mol. The number of sulfonamides is 1. The van der Waals surface area contributed by atoms with E-state index >= 15 is 0 Å². The lowest BCUT2D eigenvalue weighted by Crippen LogP contribution is -2.15. The average molecular weight is 331 g/mol. The number of nitrogens with one attached hydrogen (secondary N) is 1. The highest BCUT2D eigenvalue weighted by molar-refractivity contribution is 7.93. The van der Waals surface area contributed by atoms with Crippen molar-refractivity contribution in [3.63, 3.8) is 0 Å². The predicted molar refractivity (Wildman–Crippen MR) is 76.0 cm³/mol. The van der Waals surface area contributed by atoms with Crippen molar-refractivity contribution in [1.29, 1.82) is 0 Å². The molecule has 21 heavy (non-hydrogen) atoms. The highest BCUT2D eigenvalue weighted by Gasteiger charge is 2.22. The number of aromatic nitrogens is 1. The zero-order valence-electron chi connectivity index (χ0n) is 11.2. The van der Waals surface area contributed by atoms with Gasteiger partial charge in [0.05, 0.1) is 16.3 Å². The molecule has 114 valence electrons. The monoisotopic (exact) mass is 331 g/mol. The summed E-state index contributed by atoms with van der Waals surface area (Å²) in [7, 11) is -7.64. The Morgan fingerprint density at radius 1 is 1.19 bits per heavy atom. The van der Waals surface area contributed by atoms with Gasteiger partial charge in [-0.3, -0.25) is 0 Å². The predicted octanol–water partition coefficient (Wildman–Crippen LogP) is 0.770. The second-order valence-electron chi connectivity index (χ2n) is 4.41. The zero-order valence-corrected chi connectivity index (χ0v) is 12.8. The fourth-order valence-corrected chi connectivity index (χ4v) is 3.43. The summed E-state index contributed by atoms with van der Waals surface area (Å²) in [6.45, 7) is 1.62. The number of nitrogen functional groups attached to an aromatic ring is 1. The lowest BCUT2D eigenvalue weighted by atomic mass is 10.3. The van der Waals surface area contributed by atoms with Crippen LogP contribution in [0.3, 0.4) is 0 Å². The normalized spacial score (nSPS) is 12.3. The molecule has 3 N–H and O–H groups in total. The van der Waals surface area contributed by atoms with Crippen molar-refractivity contribution in [1.82, 2.24) is 5.16 Å². The molecule has 0 aliphatic heterocycles. The molecule has 0 bridgehead atoms. The summed E-state index contributed by atoms with van der Waals surface area (Å²) in [4.78, 5) is -0.495. The Hall–Kier alpha value is -2.07. The quantitative estimate of drug-likeness (QED) is 0.790. The van der Waals surface area contributed by atoms with Crippen LogP contribution in [0.2, 0.25) is 0 Å². The van der Waals surface area contributed by atoms with Gasteiger partial charge in [-0.05, 0) is 25.1 Å². The summed E-state index contributed by atoms with van der Waals surface area (Å²) in [5, 5.41) is 3.54. The fraction of sp³-hybridized carbons (Fsp3) is 0.182. The fourth-order valence-electron chi connectivity index (χ4n) is 1.58. The van der Waals surface area contributed by atoms with Crippen LogP contribution in [-0.2, 0) is 19.9 Å². The van der Waals surface area contributed by atoms with Gasteiger partial charge in [-0.2, -0.15) is 0 Å². The van der Waals surface area contributed by atoms with Crippen LogP contribution in [0.4, 0.5) is 11.6 Å². The minimum absolute atomic E-state index is 0.0777. The molecule has 0 fully saturated rings. The van der Waals surface area contributed by atoms with Gasteiger partial charge in [0.25, 0.3) is 10.0 Å². The van der Waals surface area contributed by atoms with E-state index in [1.807, 2.05) is 0 Å².